The molecule has 1 fully saturated rings. The molecule has 8 nitrogen and oxygen atoms in total. The maximum absolute atomic E-state index is 12.7. The summed E-state index contributed by atoms with van der Waals surface area (Å²) in [6.45, 7) is 5.20. The van der Waals surface area contributed by atoms with Crippen LogP contribution in [0.5, 0.6) is 0 Å². The number of carbonyl (C=O) groups excluding carboxylic acids is 2. The summed E-state index contributed by atoms with van der Waals surface area (Å²) >= 11 is 0. The van der Waals surface area contributed by atoms with Crippen molar-refractivity contribution in [1.82, 2.24) is 24.9 Å². The van der Waals surface area contributed by atoms with Crippen molar-refractivity contribution in [2.75, 3.05) is 20.2 Å². The highest BCUT2D eigenvalue weighted by atomic mass is 16.5. The Morgan fingerprint density at radius 1 is 1.31 bits per heavy atom. The van der Waals surface area contributed by atoms with Crippen LogP contribution in [-0.4, -0.2) is 57.0 Å². The number of likely N-dealkylation sites (tertiary alicyclic amines) is 1. The number of nitrogens with one attached hydrogen (secondary N) is 1. The largest absolute Gasteiger partial charge is 0.469 e. The molecule has 0 unspecified atom stereocenters. The molecular weight excluding hydrogens is 334 g/mol. The summed E-state index contributed by atoms with van der Waals surface area (Å²) in [7, 11) is 3.30. The van der Waals surface area contributed by atoms with Gasteiger partial charge in [-0.1, -0.05) is 0 Å². The first-order valence-corrected chi connectivity index (χ1v) is 8.82. The Balaban J connectivity index is 1.67. The zero-order valence-corrected chi connectivity index (χ0v) is 15.7. The second kappa shape index (κ2) is 7.31. The molecule has 1 amide bonds. The van der Waals surface area contributed by atoms with Crippen LogP contribution >= 0.6 is 0 Å². The summed E-state index contributed by atoms with van der Waals surface area (Å²) in [5, 5.41) is 11.6. The molecule has 0 bridgehead atoms. The molecule has 26 heavy (non-hydrogen) atoms. The van der Waals surface area contributed by atoms with Gasteiger partial charge in [0, 0.05) is 37.8 Å². The van der Waals surface area contributed by atoms with E-state index < -0.39 is 0 Å². The van der Waals surface area contributed by atoms with Crippen molar-refractivity contribution in [2.45, 2.75) is 33.1 Å². The van der Waals surface area contributed by atoms with Gasteiger partial charge in [-0.05, 0) is 38.7 Å². The molecule has 2 aromatic rings. The van der Waals surface area contributed by atoms with Crippen molar-refractivity contribution >= 4 is 11.9 Å². The van der Waals surface area contributed by atoms with Gasteiger partial charge >= 0.3 is 5.97 Å². The minimum atomic E-state index is -0.185. The molecule has 1 aliphatic heterocycles. The average Bonchev–Trinajstić information content (AvgIpc) is 3.19. The van der Waals surface area contributed by atoms with E-state index in [1.165, 1.54) is 7.11 Å². The van der Waals surface area contributed by atoms with E-state index in [-0.39, 0.29) is 17.8 Å². The lowest BCUT2D eigenvalue weighted by molar-refractivity contribution is -0.142. The molecular formula is C18H25N5O3. The SMILES string of the molecule is COC(=O)CC1CCN(C(=O)c2cc(-c3c(C)nn(C)c3C)n[nH]2)CC1. The highest BCUT2D eigenvalue weighted by molar-refractivity contribution is 5.93. The molecule has 2 aromatic heterocycles. The number of H-pyrrole nitrogens is 1. The van der Waals surface area contributed by atoms with E-state index in [2.05, 4.69) is 15.3 Å². The third kappa shape index (κ3) is 3.49. The third-order valence-electron chi connectivity index (χ3n) is 5.16. The third-order valence-corrected chi connectivity index (χ3v) is 5.16. The lowest BCUT2D eigenvalue weighted by Gasteiger charge is -2.31. The Bertz CT molecular complexity index is 815. The van der Waals surface area contributed by atoms with E-state index in [9.17, 15) is 9.59 Å². The summed E-state index contributed by atoms with van der Waals surface area (Å²) in [5.41, 5.74) is 4.07. The summed E-state index contributed by atoms with van der Waals surface area (Å²) in [4.78, 5) is 25.9. The van der Waals surface area contributed by atoms with Crippen LogP contribution in [0.15, 0.2) is 6.07 Å². The Hall–Kier alpha value is -2.64. The molecule has 0 atom stereocenters. The standard InChI is InChI=1S/C18H25N5O3/c1-11-17(12(2)22(3)21-11)14-10-15(20-19-14)18(25)23-7-5-13(6-8-23)9-16(24)26-4/h10,13H,5-9H2,1-4H3,(H,19,20). The van der Waals surface area contributed by atoms with Crippen LogP contribution in [0.2, 0.25) is 0 Å². The van der Waals surface area contributed by atoms with E-state index in [1.54, 1.807) is 6.07 Å². The van der Waals surface area contributed by atoms with Crippen LogP contribution in [0.4, 0.5) is 0 Å². The smallest absolute Gasteiger partial charge is 0.305 e. The first-order chi connectivity index (χ1) is 12.4. The topological polar surface area (TPSA) is 93.1 Å². The van der Waals surface area contributed by atoms with Gasteiger partial charge in [-0.15, -0.1) is 0 Å². The number of rotatable bonds is 4. The lowest BCUT2D eigenvalue weighted by Crippen LogP contribution is -2.39. The zero-order chi connectivity index (χ0) is 18.8. The van der Waals surface area contributed by atoms with Gasteiger partial charge in [0.05, 0.1) is 18.5 Å². The number of aromatic nitrogens is 4. The van der Waals surface area contributed by atoms with Gasteiger partial charge in [0.1, 0.15) is 5.69 Å². The summed E-state index contributed by atoms with van der Waals surface area (Å²) in [5.74, 6) is 0.0409. The quantitative estimate of drug-likeness (QED) is 0.841. The van der Waals surface area contributed by atoms with Gasteiger partial charge in [0.2, 0.25) is 0 Å². The highest BCUT2D eigenvalue weighted by Gasteiger charge is 2.27. The van der Waals surface area contributed by atoms with Crippen molar-refractivity contribution in [1.29, 1.82) is 0 Å². The van der Waals surface area contributed by atoms with Gasteiger partial charge < -0.3 is 9.64 Å². The molecule has 8 heteroatoms. The number of aromatic amines is 1. The van der Waals surface area contributed by atoms with Crippen LogP contribution in [0, 0.1) is 19.8 Å². The monoisotopic (exact) mass is 359 g/mol. The second-order valence-corrected chi connectivity index (χ2v) is 6.85. The Labute approximate surface area is 152 Å². The normalized spacial score (nSPS) is 15.3. The number of carbonyl (C=O) groups is 2. The van der Waals surface area contributed by atoms with Crippen molar-refractivity contribution in [2.24, 2.45) is 13.0 Å². The molecule has 0 radical (unpaired) electrons. The van der Waals surface area contributed by atoms with Gasteiger partial charge in [0.25, 0.3) is 5.91 Å². The predicted molar refractivity (Wildman–Crippen MR) is 95.5 cm³/mol. The maximum Gasteiger partial charge on any atom is 0.305 e. The average molecular weight is 359 g/mol. The molecule has 1 saturated heterocycles. The number of nitrogens with zero attached hydrogens (tertiary/aromatic N) is 4. The van der Waals surface area contributed by atoms with Crippen LogP contribution in [0.25, 0.3) is 11.3 Å². The van der Waals surface area contributed by atoms with Crippen LogP contribution in [0.3, 0.4) is 0 Å². The minimum Gasteiger partial charge on any atom is -0.469 e. The maximum atomic E-state index is 12.7. The number of esters is 1. The van der Waals surface area contributed by atoms with Gasteiger partial charge in [-0.25, -0.2) is 0 Å². The number of hydrogen-bond acceptors (Lipinski definition) is 5. The zero-order valence-electron chi connectivity index (χ0n) is 15.7. The summed E-state index contributed by atoms with van der Waals surface area (Å²) < 4.78 is 6.54. The number of methoxy groups -OCH3 is 1. The Morgan fingerprint density at radius 2 is 2.00 bits per heavy atom. The number of ether oxygens (including phenoxy) is 1. The Morgan fingerprint density at radius 3 is 2.58 bits per heavy atom. The van der Waals surface area contributed by atoms with E-state index in [1.807, 2.05) is 30.5 Å². The first-order valence-electron chi connectivity index (χ1n) is 8.82. The van der Waals surface area contributed by atoms with E-state index in [4.69, 9.17) is 4.74 Å². The minimum absolute atomic E-state index is 0.0561. The number of piperidine rings is 1. The Kier molecular flexibility index (Phi) is 5.11. The number of hydrogen-bond donors (Lipinski definition) is 1. The van der Waals surface area contributed by atoms with Crippen molar-refractivity contribution < 1.29 is 14.3 Å². The van der Waals surface area contributed by atoms with E-state index in [0.29, 0.717) is 25.2 Å². The molecule has 0 aromatic carbocycles. The fourth-order valence-corrected chi connectivity index (χ4v) is 3.53. The molecule has 0 spiro atoms. The highest BCUT2D eigenvalue weighted by Crippen LogP contribution is 2.26. The lowest BCUT2D eigenvalue weighted by atomic mass is 9.93. The predicted octanol–water partition coefficient (Wildman–Crippen LogP) is 1.84. The number of amides is 1. The van der Waals surface area contributed by atoms with Crippen molar-refractivity contribution in [3.63, 3.8) is 0 Å². The molecule has 3 rings (SSSR count). The fourth-order valence-electron chi connectivity index (χ4n) is 3.53. The van der Waals surface area contributed by atoms with Crippen LogP contribution in [-0.2, 0) is 16.6 Å². The molecule has 1 aliphatic rings. The molecule has 0 aliphatic carbocycles. The van der Waals surface area contributed by atoms with Gasteiger partial charge in [-0.3, -0.25) is 19.4 Å². The van der Waals surface area contributed by atoms with Crippen molar-refractivity contribution in [3.8, 4) is 11.3 Å². The molecule has 1 N–H and O–H groups in total. The van der Waals surface area contributed by atoms with E-state index >= 15 is 0 Å². The molecule has 0 saturated carbocycles. The fraction of sp³-hybridized carbons (Fsp3) is 0.556. The summed E-state index contributed by atoms with van der Waals surface area (Å²) in [6, 6.07) is 1.79. The number of aryl methyl sites for hydroxylation is 2. The second-order valence-electron chi connectivity index (χ2n) is 6.85. The first kappa shape index (κ1) is 18.2. The molecule has 140 valence electrons. The van der Waals surface area contributed by atoms with E-state index in [0.717, 1.165) is 35.5 Å². The van der Waals surface area contributed by atoms with Crippen LogP contribution < -0.4 is 0 Å². The van der Waals surface area contributed by atoms with Gasteiger partial charge in [-0.2, -0.15) is 10.2 Å². The van der Waals surface area contributed by atoms with Gasteiger partial charge in [0.15, 0.2) is 0 Å². The molecule has 3 heterocycles. The van der Waals surface area contributed by atoms with Crippen LogP contribution in [0.1, 0.15) is 41.1 Å². The summed E-state index contributed by atoms with van der Waals surface area (Å²) in [6.07, 6.45) is 2.04. The van der Waals surface area contributed by atoms with Crippen molar-refractivity contribution in [3.05, 3.63) is 23.1 Å².